The van der Waals surface area contributed by atoms with E-state index in [1.165, 1.54) is 0 Å². The zero-order valence-corrected chi connectivity index (χ0v) is 15.5. The van der Waals surface area contributed by atoms with Crippen molar-refractivity contribution >= 4 is 28.4 Å². The van der Waals surface area contributed by atoms with Crippen molar-refractivity contribution in [3.8, 4) is 0 Å². The van der Waals surface area contributed by atoms with Gasteiger partial charge in [0.05, 0.1) is 16.9 Å². The maximum atomic E-state index is 12.6. The van der Waals surface area contributed by atoms with E-state index in [2.05, 4.69) is 25.2 Å². The number of nitrogens with one attached hydrogen (secondary N) is 1. The van der Waals surface area contributed by atoms with Crippen LogP contribution in [0.4, 0.5) is 16.3 Å². The van der Waals surface area contributed by atoms with E-state index in [9.17, 15) is 4.79 Å². The first-order chi connectivity index (χ1) is 13.1. The van der Waals surface area contributed by atoms with Crippen LogP contribution in [-0.4, -0.2) is 52.1 Å². The number of pyridine rings is 1. The van der Waals surface area contributed by atoms with Crippen LogP contribution in [0, 0.1) is 13.8 Å². The van der Waals surface area contributed by atoms with Gasteiger partial charge in [0.1, 0.15) is 5.82 Å². The fourth-order valence-electron chi connectivity index (χ4n) is 3.30. The van der Waals surface area contributed by atoms with Crippen molar-refractivity contribution in [3.63, 3.8) is 0 Å². The third-order valence-electron chi connectivity index (χ3n) is 4.77. The van der Waals surface area contributed by atoms with Crippen molar-refractivity contribution in [2.24, 2.45) is 0 Å². The van der Waals surface area contributed by atoms with Gasteiger partial charge >= 0.3 is 6.03 Å². The first-order valence-corrected chi connectivity index (χ1v) is 9.06. The minimum absolute atomic E-state index is 0.0788. The summed E-state index contributed by atoms with van der Waals surface area (Å²) in [6, 6.07) is 9.55. The molecule has 0 saturated carbocycles. The van der Waals surface area contributed by atoms with Gasteiger partial charge in [0, 0.05) is 49.6 Å². The minimum atomic E-state index is -0.0788. The van der Waals surface area contributed by atoms with Gasteiger partial charge in [0.2, 0.25) is 0 Å². The number of amides is 2. The number of aryl methyl sites for hydroxylation is 2. The molecule has 27 heavy (non-hydrogen) atoms. The van der Waals surface area contributed by atoms with Crippen molar-refractivity contribution < 1.29 is 4.79 Å². The number of rotatable bonds is 2. The molecular formula is C20H22N6O. The number of nitrogens with zero attached hydrogens (tertiary/aromatic N) is 5. The summed E-state index contributed by atoms with van der Waals surface area (Å²) < 4.78 is 0. The Morgan fingerprint density at radius 2 is 1.89 bits per heavy atom. The van der Waals surface area contributed by atoms with Crippen molar-refractivity contribution in [2.75, 3.05) is 36.4 Å². The Morgan fingerprint density at radius 3 is 2.70 bits per heavy atom. The van der Waals surface area contributed by atoms with Crippen LogP contribution < -0.4 is 10.2 Å². The van der Waals surface area contributed by atoms with E-state index in [1.54, 1.807) is 12.4 Å². The Hall–Kier alpha value is -3.22. The van der Waals surface area contributed by atoms with E-state index < -0.39 is 0 Å². The molecule has 0 aliphatic carbocycles. The van der Waals surface area contributed by atoms with Gasteiger partial charge in [-0.05, 0) is 38.1 Å². The Kier molecular flexibility index (Phi) is 4.58. The standard InChI is InChI=1S/C20H22N6O/c1-14-13-22-15(2)19(23-14)25-8-10-26(11-9-25)20(27)24-17-5-6-18-16(12-17)4-3-7-21-18/h3-7,12-13H,8-11H2,1-2H3,(H,24,27). The van der Waals surface area contributed by atoms with E-state index in [-0.39, 0.29) is 6.03 Å². The zero-order valence-electron chi connectivity index (χ0n) is 15.5. The Bertz CT molecular complexity index is 981. The second-order valence-corrected chi connectivity index (χ2v) is 6.74. The normalized spacial score (nSPS) is 14.4. The van der Waals surface area contributed by atoms with E-state index in [4.69, 9.17) is 0 Å². The predicted molar refractivity (Wildman–Crippen MR) is 106 cm³/mol. The van der Waals surface area contributed by atoms with Crippen LogP contribution >= 0.6 is 0 Å². The molecule has 2 aromatic heterocycles. The number of anilines is 2. The van der Waals surface area contributed by atoms with Gasteiger partial charge < -0.3 is 15.1 Å². The molecule has 3 heterocycles. The fourth-order valence-corrected chi connectivity index (χ4v) is 3.30. The molecule has 7 nitrogen and oxygen atoms in total. The highest BCUT2D eigenvalue weighted by Gasteiger charge is 2.23. The Labute approximate surface area is 158 Å². The molecule has 0 spiro atoms. The van der Waals surface area contributed by atoms with Gasteiger partial charge in [-0.1, -0.05) is 6.07 Å². The molecule has 1 aliphatic heterocycles. The van der Waals surface area contributed by atoms with Gasteiger partial charge in [-0.2, -0.15) is 0 Å². The van der Waals surface area contributed by atoms with Gasteiger partial charge in [-0.3, -0.25) is 9.97 Å². The van der Waals surface area contributed by atoms with Crippen LogP contribution in [-0.2, 0) is 0 Å². The molecule has 0 atom stereocenters. The van der Waals surface area contributed by atoms with Crippen LogP contribution in [0.1, 0.15) is 11.4 Å². The van der Waals surface area contributed by atoms with Gasteiger partial charge in [0.25, 0.3) is 0 Å². The molecule has 0 unspecified atom stereocenters. The van der Waals surface area contributed by atoms with Crippen LogP contribution in [0.25, 0.3) is 10.9 Å². The average Bonchev–Trinajstić information content (AvgIpc) is 2.70. The molecule has 1 aromatic carbocycles. The van der Waals surface area contributed by atoms with Crippen LogP contribution in [0.15, 0.2) is 42.7 Å². The molecule has 1 N–H and O–H groups in total. The van der Waals surface area contributed by atoms with E-state index in [0.29, 0.717) is 13.1 Å². The largest absolute Gasteiger partial charge is 0.352 e. The average molecular weight is 362 g/mol. The topological polar surface area (TPSA) is 74.2 Å². The second kappa shape index (κ2) is 7.19. The Balaban J connectivity index is 1.40. The Morgan fingerprint density at radius 1 is 1.07 bits per heavy atom. The third-order valence-corrected chi connectivity index (χ3v) is 4.77. The number of fused-ring (bicyclic) bond motifs is 1. The van der Waals surface area contributed by atoms with E-state index in [0.717, 1.165) is 46.9 Å². The van der Waals surface area contributed by atoms with Crippen molar-refractivity contribution in [1.82, 2.24) is 19.9 Å². The lowest BCUT2D eigenvalue weighted by Gasteiger charge is -2.35. The fraction of sp³-hybridized carbons (Fsp3) is 0.300. The van der Waals surface area contributed by atoms with Crippen LogP contribution in [0.3, 0.4) is 0 Å². The second-order valence-electron chi connectivity index (χ2n) is 6.74. The number of urea groups is 1. The molecular weight excluding hydrogens is 340 g/mol. The van der Waals surface area contributed by atoms with E-state index >= 15 is 0 Å². The summed E-state index contributed by atoms with van der Waals surface area (Å²) in [5.41, 5.74) is 3.52. The van der Waals surface area contributed by atoms with Crippen molar-refractivity contribution in [3.05, 3.63) is 54.1 Å². The number of aromatic nitrogens is 3. The number of carbonyl (C=O) groups excluding carboxylic acids is 1. The summed E-state index contributed by atoms with van der Waals surface area (Å²) in [4.78, 5) is 29.9. The quantitative estimate of drug-likeness (QED) is 0.759. The molecule has 7 heteroatoms. The lowest BCUT2D eigenvalue weighted by molar-refractivity contribution is 0.208. The zero-order chi connectivity index (χ0) is 18.8. The molecule has 1 aliphatic rings. The lowest BCUT2D eigenvalue weighted by Crippen LogP contribution is -2.50. The summed E-state index contributed by atoms with van der Waals surface area (Å²) in [7, 11) is 0. The van der Waals surface area contributed by atoms with E-state index in [1.807, 2.05) is 49.1 Å². The van der Waals surface area contributed by atoms with Gasteiger partial charge in [-0.25, -0.2) is 9.78 Å². The number of hydrogen-bond donors (Lipinski definition) is 1. The SMILES string of the molecule is Cc1cnc(C)c(N2CCN(C(=O)Nc3ccc4ncccc4c3)CC2)n1. The monoisotopic (exact) mass is 362 g/mol. The van der Waals surface area contributed by atoms with Crippen molar-refractivity contribution in [2.45, 2.75) is 13.8 Å². The van der Waals surface area contributed by atoms with Crippen LogP contribution in [0.5, 0.6) is 0 Å². The van der Waals surface area contributed by atoms with Gasteiger partial charge in [-0.15, -0.1) is 0 Å². The molecule has 2 amide bonds. The maximum Gasteiger partial charge on any atom is 0.321 e. The number of benzene rings is 1. The summed E-state index contributed by atoms with van der Waals surface area (Å²) in [5.74, 6) is 0.914. The number of hydrogen-bond acceptors (Lipinski definition) is 5. The molecule has 4 rings (SSSR count). The van der Waals surface area contributed by atoms with Crippen LogP contribution in [0.2, 0.25) is 0 Å². The molecule has 3 aromatic rings. The first kappa shape index (κ1) is 17.2. The number of carbonyl (C=O) groups is 1. The molecule has 0 bridgehead atoms. The maximum absolute atomic E-state index is 12.6. The predicted octanol–water partition coefficient (Wildman–Crippen LogP) is 3.00. The molecule has 1 fully saturated rings. The summed E-state index contributed by atoms with van der Waals surface area (Å²) in [6.07, 6.45) is 3.54. The van der Waals surface area contributed by atoms with Gasteiger partial charge in [0.15, 0.2) is 0 Å². The number of piperazine rings is 1. The highest BCUT2D eigenvalue weighted by atomic mass is 16.2. The summed E-state index contributed by atoms with van der Waals surface area (Å²) in [6.45, 7) is 6.70. The third kappa shape index (κ3) is 3.67. The summed E-state index contributed by atoms with van der Waals surface area (Å²) >= 11 is 0. The summed E-state index contributed by atoms with van der Waals surface area (Å²) in [5, 5.41) is 4.00. The molecule has 138 valence electrons. The first-order valence-electron chi connectivity index (χ1n) is 9.06. The minimum Gasteiger partial charge on any atom is -0.352 e. The lowest BCUT2D eigenvalue weighted by atomic mass is 10.2. The smallest absolute Gasteiger partial charge is 0.321 e. The highest BCUT2D eigenvalue weighted by molar-refractivity contribution is 5.92. The van der Waals surface area contributed by atoms with Crippen molar-refractivity contribution in [1.29, 1.82) is 0 Å². The highest BCUT2D eigenvalue weighted by Crippen LogP contribution is 2.19. The molecule has 0 radical (unpaired) electrons. The molecule has 1 saturated heterocycles.